The summed E-state index contributed by atoms with van der Waals surface area (Å²) >= 11 is 0. The second kappa shape index (κ2) is 11.7. The van der Waals surface area contributed by atoms with Gasteiger partial charge in [-0.2, -0.15) is 27.0 Å². The largest absolute Gasteiger partial charge is 0.361 e. The van der Waals surface area contributed by atoms with Gasteiger partial charge >= 0.3 is 6.17 Å². The van der Waals surface area contributed by atoms with Gasteiger partial charge in [-0.3, -0.25) is 19.3 Å². The first-order chi connectivity index (χ1) is 14.6. The van der Waals surface area contributed by atoms with Gasteiger partial charge in [-0.25, -0.2) is 6.57 Å². The molecule has 2 amide bonds. The number of anilines is 1. The number of benzene rings is 1. The summed E-state index contributed by atoms with van der Waals surface area (Å²) in [4.78, 5) is 34.1. The average Bonchev–Trinajstić information content (AvgIpc) is 3.40. The molecule has 2 aliphatic rings. The van der Waals surface area contributed by atoms with Crippen LogP contribution in [0.5, 0.6) is 0 Å². The van der Waals surface area contributed by atoms with Gasteiger partial charge < -0.3 is 10.3 Å². The molecule has 0 unspecified atom stereocenters. The maximum absolute atomic E-state index is 12.9. The zero-order valence-electron chi connectivity index (χ0n) is 18.6. The van der Waals surface area contributed by atoms with E-state index in [1.807, 2.05) is 31.3 Å². The molecule has 1 aliphatic heterocycles. The molecule has 0 spiro atoms. The third-order valence-corrected chi connectivity index (χ3v) is 6.61. The van der Waals surface area contributed by atoms with E-state index < -0.39 is 0 Å². The highest BCUT2D eigenvalue weighted by Gasteiger charge is 2.35. The highest BCUT2D eigenvalue weighted by atomic mass is 32.1. The molecular formula is C24H34N4O2S2. The van der Waals surface area contributed by atoms with Crippen molar-refractivity contribution in [2.24, 2.45) is 11.8 Å². The van der Waals surface area contributed by atoms with Crippen molar-refractivity contribution in [2.75, 3.05) is 11.9 Å². The summed E-state index contributed by atoms with van der Waals surface area (Å²) in [6.07, 6.45) is 9.40. The van der Waals surface area contributed by atoms with E-state index in [2.05, 4.69) is 15.1 Å². The van der Waals surface area contributed by atoms with Crippen LogP contribution < -0.4 is 5.32 Å². The Morgan fingerprint density at radius 1 is 1.19 bits per heavy atom. The number of aromatic amines is 1. The number of fused-ring (bicyclic) bond motifs is 1. The third-order valence-electron chi connectivity index (χ3n) is 6.61. The van der Waals surface area contributed by atoms with Crippen molar-refractivity contribution in [3.8, 4) is 0 Å². The summed E-state index contributed by atoms with van der Waals surface area (Å²) in [6.45, 7) is 9.94. The molecule has 8 heteroatoms. The summed E-state index contributed by atoms with van der Waals surface area (Å²) < 4.78 is 0. The predicted molar refractivity (Wildman–Crippen MR) is 138 cm³/mol. The molecule has 6 nitrogen and oxygen atoms in total. The normalized spacial score (nSPS) is 19.5. The van der Waals surface area contributed by atoms with Crippen molar-refractivity contribution in [2.45, 2.75) is 64.5 Å². The SMILES string of the molecule is S.S.[C-]#[N+][C@@H]1CCCN1C(=O)[C@@H](C)Cc1c[nH]c2ccc(NC(=O)C3CCCCC3)cc12. The Kier molecular flexibility index (Phi) is 9.53. The molecule has 2 atom stereocenters. The zero-order chi connectivity index (χ0) is 21.1. The first-order valence-corrected chi connectivity index (χ1v) is 11.1. The van der Waals surface area contributed by atoms with E-state index in [4.69, 9.17) is 6.57 Å². The molecular weight excluding hydrogens is 440 g/mol. The summed E-state index contributed by atoms with van der Waals surface area (Å²) in [5, 5.41) is 4.13. The third kappa shape index (κ3) is 5.62. The molecule has 1 saturated carbocycles. The van der Waals surface area contributed by atoms with Crippen LogP contribution in [-0.2, 0) is 16.0 Å². The van der Waals surface area contributed by atoms with Crippen molar-refractivity contribution in [3.63, 3.8) is 0 Å². The molecule has 4 rings (SSSR count). The molecule has 1 aliphatic carbocycles. The van der Waals surface area contributed by atoms with E-state index >= 15 is 0 Å². The molecule has 1 saturated heterocycles. The quantitative estimate of drug-likeness (QED) is 0.602. The summed E-state index contributed by atoms with van der Waals surface area (Å²) in [5.41, 5.74) is 2.88. The first kappa shape index (κ1) is 26.1. The van der Waals surface area contributed by atoms with Crippen LogP contribution in [0, 0.1) is 18.4 Å². The lowest BCUT2D eigenvalue weighted by atomic mass is 9.88. The van der Waals surface area contributed by atoms with Crippen LogP contribution in [-0.4, -0.2) is 34.4 Å². The van der Waals surface area contributed by atoms with Gasteiger partial charge in [-0.15, -0.1) is 0 Å². The van der Waals surface area contributed by atoms with Crippen LogP contribution in [0.2, 0.25) is 0 Å². The van der Waals surface area contributed by atoms with Gasteiger partial charge in [0.2, 0.25) is 11.8 Å². The number of H-pyrrole nitrogens is 1. The molecule has 1 aromatic carbocycles. The fourth-order valence-electron chi connectivity index (χ4n) is 4.87. The average molecular weight is 475 g/mol. The van der Waals surface area contributed by atoms with Gasteiger partial charge in [0.25, 0.3) is 0 Å². The lowest BCUT2D eigenvalue weighted by Crippen LogP contribution is -2.38. The Hall–Kier alpha value is -2.11. The van der Waals surface area contributed by atoms with E-state index in [1.54, 1.807) is 4.90 Å². The number of aromatic nitrogens is 1. The van der Waals surface area contributed by atoms with Crippen LogP contribution in [0.3, 0.4) is 0 Å². The van der Waals surface area contributed by atoms with Gasteiger partial charge in [0.05, 0.1) is 0 Å². The molecule has 2 heterocycles. The van der Waals surface area contributed by atoms with Gasteiger partial charge in [-0.1, -0.05) is 26.2 Å². The number of hydrogen-bond acceptors (Lipinski definition) is 2. The number of nitrogens with zero attached hydrogens (tertiary/aromatic N) is 2. The maximum atomic E-state index is 12.9. The lowest BCUT2D eigenvalue weighted by molar-refractivity contribution is -0.135. The van der Waals surface area contributed by atoms with Gasteiger partial charge in [0, 0.05) is 47.6 Å². The first-order valence-electron chi connectivity index (χ1n) is 11.1. The van der Waals surface area contributed by atoms with Crippen molar-refractivity contribution >= 4 is 55.4 Å². The Bertz CT molecular complexity index is 978. The standard InChI is InChI=1S/C24H30N4O2.2H2S/c1-16(24(30)28-12-6-9-22(28)25-2)13-18-15-26-21-11-10-19(14-20(18)21)27-23(29)17-7-4-3-5-8-17;;/h10-11,14-17,22,26H,3-9,12-13H2,1H3,(H,27,29);2*1H2/t16-,22-;;/m0../s1. The van der Waals surface area contributed by atoms with E-state index in [9.17, 15) is 9.59 Å². The second-order valence-corrected chi connectivity index (χ2v) is 8.79. The van der Waals surface area contributed by atoms with E-state index in [0.29, 0.717) is 13.0 Å². The predicted octanol–water partition coefficient (Wildman–Crippen LogP) is 4.96. The van der Waals surface area contributed by atoms with Crippen LogP contribution in [0.4, 0.5) is 5.69 Å². The maximum Gasteiger partial charge on any atom is 0.300 e. The fraction of sp³-hybridized carbons (Fsp3) is 0.542. The van der Waals surface area contributed by atoms with Crippen LogP contribution in [0.1, 0.15) is 57.4 Å². The number of nitrogens with one attached hydrogen (secondary N) is 2. The Labute approximate surface area is 204 Å². The highest BCUT2D eigenvalue weighted by Crippen LogP contribution is 2.29. The van der Waals surface area contributed by atoms with Crippen molar-refractivity contribution in [1.29, 1.82) is 0 Å². The summed E-state index contributed by atoms with van der Waals surface area (Å²) in [7, 11) is 0. The van der Waals surface area contributed by atoms with E-state index in [1.165, 1.54) is 6.42 Å². The molecule has 174 valence electrons. The fourth-order valence-corrected chi connectivity index (χ4v) is 4.87. The summed E-state index contributed by atoms with van der Waals surface area (Å²) in [5.74, 6) is 0.110. The van der Waals surface area contributed by atoms with Crippen molar-refractivity contribution < 1.29 is 9.59 Å². The Morgan fingerprint density at radius 2 is 1.94 bits per heavy atom. The summed E-state index contributed by atoms with van der Waals surface area (Å²) in [6, 6.07) is 5.93. The molecule has 2 aromatic rings. The number of rotatable bonds is 5. The van der Waals surface area contributed by atoms with Crippen molar-refractivity contribution in [1.82, 2.24) is 9.88 Å². The number of carbonyl (C=O) groups excluding carboxylic acids is 2. The topological polar surface area (TPSA) is 69.6 Å². The minimum absolute atomic E-state index is 0. The molecule has 2 fully saturated rings. The van der Waals surface area contributed by atoms with E-state index in [0.717, 1.165) is 60.7 Å². The minimum Gasteiger partial charge on any atom is -0.361 e. The van der Waals surface area contributed by atoms with Gasteiger partial charge in [-0.05, 0) is 49.4 Å². The molecule has 0 radical (unpaired) electrons. The monoisotopic (exact) mass is 474 g/mol. The number of likely N-dealkylation sites (tertiary alicyclic amines) is 1. The number of carbonyl (C=O) groups is 2. The van der Waals surface area contributed by atoms with Crippen molar-refractivity contribution in [3.05, 3.63) is 41.4 Å². The lowest BCUT2D eigenvalue weighted by Gasteiger charge is -2.21. The number of hydrogen-bond donors (Lipinski definition) is 2. The van der Waals surface area contributed by atoms with Crippen LogP contribution in [0.25, 0.3) is 15.7 Å². The molecule has 1 aromatic heterocycles. The molecule has 2 N–H and O–H groups in total. The molecule has 32 heavy (non-hydrogen) atoms. The molecule has 0 bridgehead atoms. The van der Waals surface area contributed by atoms with Gasteiger partial charge in [0.1, 0.15) is 0 Å². The van der Waals surface area contributed by atoms with Crippen LogP contribution in [0.15, 0.2) is 24.4 Å². The smallest absolute Gasteiger partial charge is 0.300 e. The Morgan fingerprint density at radius 3 is 2.66 bits per heavy atom. The van der Waals surface area contributed by atoms with Crippen LogP contribution >= 0.6 is 27.0 Å². The van der Waals surface area contributed by atoms with Gasteiger partial charge in [0.15, 0.2) is 0 Å². The number of amides is 2. The minimum atomic E-state index is -0.301. The zero-order valence-corrected chi connectivity index (χ0v) is 20.6. The highest BCUT2D eigenvalue weighted by molar-refractivity contribution is 7.59. The second-order valence-electron chi connectivity index (χ2n) is 8.79. The Balaban J connectivity index is 0.00000181. The van der Waals surface area contributed by atoms with E-state index in [-0.39, 0.29) is 56.8 Å².